The number of fused-ring (bicyclic) bond motifs is 1. The quantitative estimate of drug-likeness (QED) is 0.198. The van der Waals surface area contributed by atoms with Gasteiger partial charge in [-0.25, -0.2) is 4.98 Å². The van der Waals surface area contributed by atoms with Crippen LogP contribution in [0.1, 0.15) is 99.9 Å². The lowest BCUT2D eigenvalue weighted by Gasteiger charge is -2.34. The van der Waals surface area contributed by atoms with Crippen LogP contribution in [0.3, 0.4) is 0 Å². The number of hydrogen-bond donors (Lipinski definition) is 4. The van der Waals surface area contributed by atoms with Gasteiger partial charge < -0.3 is 25.8 Å². The van der Waals surface area contributed by atoms with Crippen LogP contribution in [0.5, 0.6) is 0 Å². The summed E-state index contributed by atoms with van der Waals surface area (Å²) in [6.45, 7) is 8.77. The summed E-state index contributed by atoms with van der Waals surface area (Å²) < 4.78 is 0. The first-order chi connectivity index (χ1) is 20.8. The normalized spacial score (nSPS) is 24.2. The third-order valence-electron chi connectivity index (χ3n) is 9.66. The van der Waals surface area contributed by atoms with Crippen molar-refractivity contribution < 1.29 is 4.79 Å². The van der Waals surface area contributed by atoms with Gasteiger partial charge in [0.15, 0.2) is 0 Å². The van der Waals surface area contributed by atoms with Crippen LogP contribution in [0, 0.1) is 0 Å². The number of rotatable bonds is 6. The maximum Gasteiger partial charge on any atom is 0.241 e. The molecule has 0 radical (unpaired) electrons. The zero-order valence-corrected chi connectivity index (χ0v) is 25.6. The van der Waals surface area contributed by atoms with Gasteiger partial charge in [0.2, 0.25) is 5.91 Å². The minimum Gasteiger partial charge on any atom is -0.357 e. The van der Waals surface area contributed by atoms with E-state index in [0.29, 0.717) is 6.04 Å². The average Bonchev–Trinajstić information content (AvgIpc) is 3.83. The zero-order valence-electron chi connectivity index (χ0n) is 25.6. The Labute approximate surface area is 254 Å². The molecule has 4 heterocycles. The van der Waals surface area contributed by atoms with Gasteiger partial charge in [0.25, 0.3) is 0 Å². The van der Waals surface area contributed by atoms with Crippen LogP contribution >= 0.6 is 0 Å². The number of H-pyrrole nitrogens is 1. The minimum absolute atomic E-state index is 0.0624. The molecule has 4 atom stereocenters. The fourth-order valence-corrected chi connectivity index (χ4v) is 7.22. The lowest BCUT2D eigenvalue weighted by molar-refractivity contribution is -0.117. The monoisotopic (exact) mass is 576 g/mol. The summed E-state index contributed by atoms with van der Waals surface area (Å²) in [7, 11) is 0. The van der Waals surface area contributed by atoms with Crippen molar-refractivity contribution in [3.05, 3.63) is 89.2 Å². The number of nitrogens with one attached hydrogen (secondary N) is 4. The minimum atomic E-state index is -0.0841. The summed E-state index contributed by atoms with van der Waals surface area (Å²) in [6, 6.07) is 25.2. The first-order valence-electron chi connectivity index (χ1n) is 16.1. The Morgan fingerprint density at radius 3 is 2.21 bits per heavy atom. The molecule has 1 aromatic heterocycles. The van der Waals surface area contributed by atoms with E-state index in [9.17, 15) is 4.79 Å². The largest absolute Gasteiger partial charge is 0.357 e. The first kappa shape index (κ1) is 28.1. The summed E-state index contributed by atoms with van der Waals surface area (Å²) >= 11 is 0. The van der Waals surface area contributed by atoms with Crippen molar-refractivity contribution in [2.75, 3.05) is 23.3 Å². The van der Waals surface area contributed by atoms with Crippen LogP contribution in [-0.2, 0) is 10.2 Å². The van der Waals surface area contributed by atoms with Gasteiger partial charge in [-0.15, -0.1) is 0 Å². The van der Waals surface area contributed by atoms with Crippen LogP contribution in [0.15, 0.2) is 66.7 Å². The van der Waals surface area contributed by atoms with Crippen LogP contribution < -0.4 is 20.9 Å². The lowest BCUT2D eigenvalue weighted by Crippen LogP contribution is -2.35. The molecular weight excluding hydrogens is 532 g/mol. The molecule has 3 aliphatic heterocycles. The van der Waals surface area contributed by atoms with Gasteiger partial charge in [0, 0.05) is 11.4 Å². The summed E-state index contributed by atoms with van der Waals surface area (Å²) in [5.41, 5.74) is 8.27. The third-order valence-corrected chi connectivity index (χ3v) is 9.66. The summed E-state index contributed by atoms with van der Waals surface area (Å²) in [4.78, 5) is 23.9. The molecule has 7 rings (SSSR count). The van der Waals surface area contributed by atoms with E-state index in [1.54, 1.807) is 0 Å². The smallest absolute Gasteiger partial charge is 0.241 e. The van der Waals surface area contributed by atoms with Crippen LogP contribution in [-0.4, -0.2) is 35.0 Å². The van der Waals surface area contributed by atoms with Crippen molar-refractivity contribution in [3.8, 4) is 0 Å². The second kappa shape index (κ2) is 11.4. The standard InChI is InChI=1S/C36H44N6O/c1-36(2,3)25-11-15-27(16-12-25)42-32(23-8-13-26(14-9-23)39-35(43)30-7-5-21-38-30)18-19-33(42)24-10-17-28-31(22-24)41-34(40-28)29-6-4-20-37-29/h8-17,22,29-30,32-33,37-38H,4-7,18-21H2,1-3H3,(H,39,43)(H,40,41)/t29-,30-,32+,33+/m0/s1. The van der Waals surface area contributed by atoms with Crippen LogP contribution in [0.25, 0.3) is 11.0 Å². The fourth-order valence-electron chi connectivity index (χ4n) is 7.22. The number of anilines is 2. The summed E-state index contributed by atoms with van der Waals surface area (Å²) in [5.74, 6) is 1.12. The van der Waals surface area contributed by atoms with E-state index < -0.39 is 0 Å². The number of carbonyl (C=O) groups excluding carboxylic acids is 1. The van der Waals surface area contributed by atoms with E-state index in [2.05, 4.69) is 113 Å². The molecule has 224 valence electrons. The average molecular weight is 577 g/mol. The van der Waals surface area contributed by atoms with Gasteiger partial charge in [-0.05, 0) is 110 Å². The highest BCUT2D eigenvalue weighted by molar-refractivity contribution is 5.95. The van der Waals surface area contributed by atoms with Crippen molar-refractivity contribution in [1.82, 2.24) is 20.6 Å². The van der Waals surface area contributed by atoms with Crippen molar-refractivity contribution in [2.24, 2.45) is 0 Å². The molecule has 4 aromatic rings. The number of benzene rings is 3. The van der Waals surface area contributed by atoms with Gasteiger partial charge in [-0.1, -0.05) is 51.1 Å². The number of nitrogens with zero attached hydrogens (tertiary/aromatic N) is 2. The molecule has 0 saturated carbocycles. The molecule has 43 heavy (non-hydrogen) atoms. The Kier molecular flexibility index (Phi) is 7.48. The van der Waals surface area contributed by atoms with Crippen molar-refractivity contribution in [2.45, 2.75) is 88.9 Å². The van der Waals surface area contributed by atoms with E-state index in [0.717, 1.165) is 67.7 Å². The molecule has 0 bridgehead atoms. The second-order valence-electron chi connectivity index (χ2n) is 13.6. The maximum absolute atomic E-state index is 12.7. The number of imidazole rings is 1. The van der Waals surface area contributed by atoms with Gasteiger partial charge >= 0.3 is 0 Å². The predicted octanol–water partition coefficient (Wildman–Crippen LogP) is 7.06. The predicted molar refractivity (Wildman–Crippen MR) is 175 cm³/mol. The molecule has 3 fully saturated rings. The van der Waals surface area contributed by atoms with E-state index in [-0.39, 0.29) is 29.4 Å². The van der Waals surface area contributed by atoms with Crippen molar-refractivity contribution in [1.29, 1.82) is 0 Å². The van der Waals surface area contributed by atoms with Gasteiger partial charge in [0.1, 0.15) is 5.82 Å². The lowest BCUT2D eigenvalue weighted by atomic mass is 9.87. The second-order valence-corrected chi connectivity index (χ2v) is 13.6. The van der Waals surface area contributed by atoms with Gasteiger partial charge in [-0.2, -0.15) is 0 Å². The van der Waals surface area contributed by atoms with Gasteiger partial charge in [-0.3, -0.25) is 4.79 Å². The molecule has 7 heteroatoms. The zero-order chi connectivity index (χ0) is 29.6. The molecule has 1 amide bonds. The summed E-state index contributed by atoms with van der Waals surface area (Å²) in [5, 5.41) is 9.97. The Morgan fingerprint density at radius 2 is 1.53 bits per heavy atom. The molecular formula is C36H44N6O. The Balaban J connectivity index is 1.19. The number of amides is 1. The molecule has 4 N–H and O–H groups in total. The van der Waals surface area contributed by atoms with E-state index in [1.807, 2.05) is 0 Å². The number of carbonyl (C=O) groups is 1. The fraction of sp³-hybridized carbons (Fsp3) is 0.444. The number of aromatic amines is 1. The molecule has 0 unspecified atom stereocenters. The molecule has 3 aromatic carbocycles. The molecule has 3 saturated heterocycles. The molecule has 0 spiro atoms. The van der Waals surface area contributed by atoms with Crippen LogP contribution in [0.4, 0.5) is 11.4 Å². The van der Waals surface area contributed by atoms with Crippen molar-refractivity contribution in [3.63, 3.8) is 0 Å². The Morgan fingerprint density at radius 1 is 0.837 bits per heavy atom. The topological polar surface area (TPSA) is 85.1 Å². The SMILES string of the molecule is CC(C)(C)c1ccc(N2[C@@H](c3ccc(NC(=O)[C@@H]4CCCN4)cc3)CC[C@@H]2c2ccc3[nH]c([C@@H]4CCCN4)nc3c2)cc1. The van der Waals surface area contributed by atoms with E-state index >= 15 is 0 Å². The third kappa shape index (κ3) is 5.68. The number of aromatic nitrogens is 2. The Bertz CT molecular complexity index is 1570. The highest BCUT2D eigenvalue weighted by Crippen LogP contribution is 2.47. The van der Waals surface area contributed by atoms with Crippen molar-refractivity contribution >= 4 is 28.3 Å². The molecule has 7 nitrogen and oxygen atoms in total. The van der Waals surface area contributed by atoms with E-state index in [1.165, 1.54) is 28.8 Å². The first-order valence-corrected chi connectivity index (χ1v) is 16.1. The Hall–Kier alpha value is -3.68. The molecule has 3 aliphatic rings. The van der Waals surface area contributed by atoms with Gasteiger partial charge in [0.05, 0.1) is 35.2 Å². The highest BCUT2D eigenvalue weighted by Gasteiger charge is 2.36. The van der Waals surface area contributed by atoms with E-state index in [4.69, 9.17) is 4.98 Å². The van der Waals surface area contributed by atoms with Crippen LogP contribution in [0.2, 0.25) is 0 Å². The summed E-state index contributed by atoms with van der Waals surface area (Å²) in [6.07, 6.45) is 6.40. The molecule has 0 aliphatic carbocycles. The number of hydrogen-bond acceptors (Lipinski definition) is 5. The maximum atomic E-state index is 12.7. The highest BCUT2D eigenvalue weighted by atomic mass is 16.2.